The third-order valence-electron chi connectivity index (χ3n) is 3.94. The number of amides is 1. The maximum atomic E-state index is 12.3. The van der Waals surface area contributed by atoms with Gasteiger partial charge in [0.2, 0.25) is 5.91 Å². The van der Waals surface area contributed by atoms with Gasteiger partial charge in [0.25, 0.3) is 0 Å². The number of hydrogen-bond acceptors (Lipinski definition) is 4. The quantitative estimate of drug-likeness (QED) is 0.871. The Labute approximate surface area is 136 Å². The van der Waals surface area contributed by atoms with Crippen LogP contribution in [-0.2, 0) is 16.0 Å². The lowest BCUT2D eigenvalue weighted by Gasteiger charge is -2.35. The predicted octanol–water partition coefficient (Wildman–Crippen LogP) is 2.91. The average Bonchev–Trinajstić information content (AvgIpc) is 3.01. The van der Waals surface area contributed by atoms with Crippen molar-refractivity contribution in [2.45, 2.75) is 38.9 Å². The van der Waals surface area contributed by atoms with Crippen LogP contribution in [0.1, 0.15) is 26.2 Å². The molecule has 0 aliphatic carbocycles. The van der Waals surface area contributed by atoms with Gasteiger partial charge in [0.1, 0.15) is 0 Å². The maximum Gasteiger partial charge on any atom is 0.223 e. The van der Waals surface area contributed by atoms with Crippen molar-refractivity contribution >= 4 is 5.91 Å². The first-order valence-electron chi connectivity index (χ1n) is 8.05. The molecule has 1 amide bonds. The van der Waals surface area contributed by atoms with Crippen LogP contribution >= 0.6 is 0 Å². The molecule has 3 rings (SSSR count). The normalized spacial score (nSPS) is 21.4. The van der Waals surface area contributed by atoms with Gasteiger partial charge in [-0.3, -0.25) is 4.79 Å². The number of carbonyl (C=O) groups excluding carboxylic acids is 1. The molecule has 1 aliphatic rings. The van der Waals surface area contributed by atoms with Gasteiger partial charge >= 0.3 is 0 Å². The highest BCUT2D eigenvalue weighted by Crippen LogP contribution is 2.20. The van der Waals surface area contributed by atoms with Crippen LogP contribution in [-0.4, -0.2) is 41.1 Å². The summed E-state index contributed by atoms with van der Waals surface area (Å²) in [6.07, 6.45) is 2.83. The molecule has 1 aromatic heterocycles. The number of rotatable bonds is 4. The molecule has 1 aliphatic heterocycles. The lowest BCUT2D eigenvalue weighted by atomic mass is 10.2. The van der Waals surface area contributed by atoms with Crippen molar-refractivity contribution in [1.82, 2.24) is 9.88 Å². The summed E-state index contributed by atoms with van der Waals surface area (Å²) in [6, 6.07) is 9.84. The van der Waals surface area contributed by atoms with Crippen LogP contribution < -0.4 is 0 Å². The molecule has 2 aromatic rings. The van der Waals surface area contributed by atoms with Crippen molar-refractivity contribution < 1.29 is 13.9 Å². The standard InChI is InChI=1S/C18H22N2O3/c1-13-11-20(12-14(2)22-13)18(21)9-8-17-19-10-16(23-17)15-6-4-3-5-7-15/h3-7,10,13-14H,8-9,11-12H2,1-2H3/t13-,14-/m0/s1. The van der Waals surface area contributed by atoms with Crippen LogP contribution in [0.25, 0.3) is 11.3 Å². The molecule has 5 heteroatoms. The van der Waals surface area contributed by atoms with Crippen molar-refractivity contribution in [2.24, 2.45) is 0 Å². The van der Waals surface area contributed by atoms with E-state index in [-0.39, 0.29) is 18.1 Å². The molecule has 0 radical (unpaired) electrons. The maximum absolute atomic E-state index is 12.3. The van der Waals surface area contributed by atoms with Gasteiger partial charge in [-0.15, -0.1) is 0 Å². The zero-order valence-corrected chi connectivity index (χ0v) is 13.6. The second-order valence-corrected chi connectivity index (χ2v) is 6.04. The molecule has 0 saturated carbocycles. The number of hydrogen-bond donors (Lipinski definition) is 0. The summed E-state index contributed by atoms with van der Waals surface area (Å²) in [5.41, 5.74) is 0.994. The Balaban J connectivity index is 1.56. The monoisotopic (exact) mass is 314 g/mol. The molecule has 1 fully saturated rings. The predicted molar refractivity (Wildman–Crippen MR) is 86.8 cm³/mol. The van der Waals surface area contributed by atoms with Gasteiger partial charge in [-0.1, -0.05) is 30.3 Å². The third kappa shape index (κ3) is 3.99. The zero-order valence-electron chi connectivity index (χ0n) is 13.6. The molecule has 0 spiro atoms. The zero-order chi connectivity index (χ0) is 16.2. The van der Waals surface area contributed by atoms with Crippen LogP contribution in [0.4, 0.5) is 0 Å². The fourth-order valence-corrected chi connectivity index (χ4v) is 2.92. The fourth-order valence-electron chi connectivity index (χ4n) is 2.92. The highest BCUT2D eigenvalue weighted by atomic mass is 16.5. The third-order valence-corrected chi connectivity index (χ3v) is 3.94. The summed E-state index contributed by atoms with van der Waals surface area (Å²) in [5, 5.41) is 0. The van der Waals surface area contributed by atoms with E-state index in [1.54, 1.807) is 6.20 Å². The number of carbonyl (C=O) groups is 1. The Hall–Kier alpha value is -2.14. The number of ether oxygens (including phenoxy) is 1. The first-order valence-corrected chi connectivity index (χ1v) is 8.05. The number of nitrogens with zero attached hydrogens (tertiary/aromatic N) is 2. The molecule has 2 atom stereocenters. The topological polar surface area (TPSA) is 55.6 Å². The average molecular weight is 314 g/mol. The summed E-state index contributed by atoms with van der Waals surface area (Å²) in [7, 11) is 0. The summed E-state index contributed by atoms with van der Waals surface area (Å²) in [5.74, 6) is 1.47. The van der Waals surface area contributed by atoms with E-state index in [0.29, 0.717) is 31.8 Å². The minimum Gasteiger partial charge on any atom is -0.441 e. The molecule has 5 nitrogen and oxygen atoms in total. The number of aryl methyl sites for hydroxylation is 1. The van der Waals surface area contributed by atoms with Crippen molar-refractivity contribution in [2.75, 3.05) is 13.1 Å². The van der Waals surface area contributed by atoms with Crippen molar-refractivity contribution in [3.63, 3.8) is 0 Å². The summed E-state index contributed by atoms with van der Waals surface area (Å²) < 4.78 is 11.4. The Bertz CT molecular complexity index is 643. The fraction of sp³-hybridized carbons (Fsp3) is 0.444. The molecule has 1 aromatic carbocycles. The molecule has 0 unspecified atom stereocenters. The highest BCUT2D eigenvalue weighted by molar-refractivity contribution is 5.76. The van der Waals surface area contributed by atoms with Crippen LogP contribution in [0, 0.1) is 0 Å². The van der Waals surface area contributed by atoms with Gasteiger partial charge in [-0.25, -0.2) is 4.98 Å². The van der Waals surface area contributed by atoms with E-state index in [1.165, 1.54) is 0 Å². The smallest absolute Gasteiger partial charge is 0.223 e. The summed E-state index contributed by atoms with van der Waals surface area (Å²) >= 11 is 0. The SMILES string of the molecule is C[C@H]1CN(C(=O)CCc2ncc(-c3ccccc3)o2)C[C@H](C)O1. The van der Waals surface area contributed by atoms with E-state index < -0.39 is 0 Å². The van der Waals surface area contributed by atoms with Gasteiger partial charge in [0.15, 0.2) is 11.7 Å². The first kappa shape index (κ1) is 15.7. The second-order valence-electron chi connectivity index (χ2n) is 6.04. The van der Waals surface area contributed by atoms with Crippen LogP contribution in [0.3, 0.4) is 0 Å². The molecule has 23 heavy (non-hydrogen) atoms. The van der Waals surface area contributed by atoms with Crippen molar-refractivity contribution in [3.8, 4) is 11.3 Å². The minimum absolute atomic E-state index is 0.0918. The number of benzene rings is 1. The van der Waals surface area contributed by atoms with E-state index in [9.17, 15) is 4.79 Å². The van der Waals surface area contributed by atoms with Gasteiger partial charge in [-0.05, 0) is 13.8 Å². The Morgan fingerprint density at radius 1 is 1.22 bits per heavy atom. The van der Waals surface area contributed by atoms with E-state index >= 15 is 0 Å². The molecule has 0 bridgehead atoms. The number of aromatic nitrogens is 1. The lowest BCUT2D eigenvalue weighted by molar-refractivity contribution is -0.143. The van der Waals surface area contributed by atoms with Gasteiger partial charge < -0.3 is 14.1 Å². The molecule has 0 N–H and O–H groups in total. The van der Waals surface area contributed by atoms with Gasteiger partial charge in [0, 0.05) is 31.5 Å². The molecule has 122 valence electrons. The van der Waals surface area contributed by atoms with E-state index in [1.807, 2.05) is 49.1 Å². The van der Waals surface area contributed by atoms with E-state index in [2.05, 4.69) is 4.98 Å². The Morgan fingerprint density at radius 3 is 2.61 bits per heavy atom. The summed E-state index contributed by atoms with van der Waals surface area (Å²) in [6.45, 7) is 5.31. The van der Waals surface area contributed by atoms with Crippen molar-refractivity contribution in [3.05, 3.63) is 42.4 Å². The Kier molecular flexibility index (Phi) is 4.76. The number of morpholine rings is 1. The van der Waals surface area contributed by atoms with Crippen molar-refractivity contribution in [1.29, 1.82) is 0 Å². The van der Waals surface area contributed by atoms with Crippen LogP contribution in [0.15, 0.2) is 40.9 Å². The Morgan fingerprint density at radius 2 is 1.91 bits per heavy atom. The molecular weight excluding hydrogens is 292 g/mol. The van der Waals surface area contributed by atoms with Crippen LogP contribution in [0.2, 0.25) is 0 Å². The minimum atomic E-state index is 0.0918. The lowest BCUT2D eigenvalue weighted by Crippen LogP contribution is -2.48. The van der Waals surface area contributed by atoms with Gasteiger partial charge in [-0.2, -0.15) is 0 Å². The van der Waals surface area contributed by atoms with E-state index in [4.69, 9.17) is 9.15 Å². The van der Waals surface area contributed by atoms with E-state index in [0.717, 1.165) is 11.3 Å². The highest BCUT2D eigenvalue weighted by Gasteiger charge is 2.25. The number of oxazole rings is 1. The summed E-state index contributed by atoms with van der Waals surface area (Å²) in [4.78, 5) is 18.5. The van der Waals surface area contributed by atoms with Crippen LogP contribution in [0.5, 0.6) is 0 Å². The molecular formula is C18H22N2O3. The largest absolute Gasteiger partial charge is 0.441 e. The first-order chi connectivity index (χ1) is 11.1. The molecule has 1 saturated heterocycles. The molecule has 2 heterocycles. The van der Waals surface area contributed by atoms with Gasteiger partial charge in [0.05, 0.1) is 18.4 Å². The second kappa shape index (κ2) is 6.96.